The molecule has 0 bridgehead atoms. The predicted octanol–water partition coefficient (Wildman–Crippen LogP) is -0.545. The monoisotopic (exact) mass is 416 g/mol. The Kier molecular flexibility index (Phi) is 7.28. The van der Waals surface area contributed by atoms with Crippen LogP contribution in [-0.2, 0) is 0 Å². The van der Waals surface area contributed by atoms with Crippen molar-refractivity contribution in [3.05, 3.63) is 45.7 Å². The number of benzene rings is 1. The van der Waals surface area contributed by atoms with Crippen molar-refractivity contribution >= 4 is 40.7 Å². The number of piperidine rings is 1. The van der Waals surface area contributed by atoms with E-state index in [-0.39, 0.29) is 51.3 Å². The van der Waals surface area contributed by atoms with Crippen LogP contribution in [0, 0.1) is 0 Å². The van der Waals surface area contributed by atoms with Crippen molar-refractivity contribution in [2.24, 2.45) is 0 Å². The Balaban J connectivity index is 0.00000243. The van der Waals surface area contributed by atoms with Crippen LogP contribution >= 0.6 is 23.2 Å². The van der Waals surface area contributed by atoms with Crippen LogP contribution < -0.4 is 28.4 Å². The molecule has 10 heteroatoms. The number of carbonyl (C=O) groups excluding carboxylic acids is 2. The largest absolute Gasteiger partial charge is 1.00 e. The number of anilines is 1. The van der Waals surface area contributed by atoms with E-state index < -0.39 is 5.91 Å². The molecule has 1 aliphatic heterocycles. The van der Waals surface area contributed by atoms with Gasteiger partial charge in [-0.1, -0.05) is 29.3 Å². The van der Waals surface area contributed by atoms with Crippen LogP contribution in [0.5, 0.6) is 0 Å². The van der Waals surface area contributed by atoms with E-state index in [4.69, 9.17) is 23.2 Å². The highest BCUT2D eigenvalue weighted by molar-refractivity contribution is 6.40. The molecular formula is C16H17Cl3N5O2-. The summed E-state index contributed by atoms with van der Waals surface area (Å²) in [5, 5.41) is 15.7. The number of nitrogens with zero attached hydrogens (tertiary/aromatic N) is 1. The van der Waals surface area contributed by atoms with Gasteiger partial charge < -0.3 is 28.4 Å². The van der Waals surface area contributed by atoms with E-state index in [2.05, 4.69) is 26.1 Å². The molecule has 26 heavy (non-hydrogen) atoms. The Labute approximate surface area is 166 Å². The SMILES string of the molecule is O=C(NC1CCNCC1)c1[nH]ncc1NC(=O)c1c(Cl)cccc1Cl.[Cl-]. The molecule has 1 fully saturated rings. The fourth-order valence-corrected chi connectivity index (χ4v) is 3.25. The lowest BCUT2D eigenvalue weighted by molar-refractivity contribution is -0.0000217. The standard InChI is InChI=1S/C16H17Cl2N5O2.ClH/c17-10-2-1-3-11(18)13(10)15(24)22-12-8-20-23-14(12)16(25)21-9-4-6-19-7-5-9;/h1-3,8-9,19H,4-7H2,(H,20,23)(H,21,25)(H,22,24);1H/p-1. The van der Waals surface area contributed by atoms with Crippen LogP contribution in [0.15, 0.2) is 24.4 Å². The number of aromatic amines is 1. The third-order valence-corrected chi connectivity index (χ3v) is 4.61. The Bertz CT molecular complexity index is 770. The summed E-state index contributed by atoms with van der Waals surface area (Å²) in [5.74, 6) is -0.821. The summed E-state index contributed by atoms with van der Waals surface area (Å²) in [5.41, 5.74) is 0.610. The molecule has 0 radical (unpaired) electrons. The van der Waals surface area contributed by atoms with Gasteiger partial charge in [0.2, 0.25) is 0 Å². The lowest BCUT2D eigenvalue weighted by atomic mass is 10.1. The number of nitrogens with one attached hydrogen (secondary N) is 4. The minimum absolute atomic E-state index is 0. The Morgan fingerprint density at radius 2 is 1.77 bits per heavy atom. The average molecular weight is 418 g/mol. The third-order valence-electron chi connectivity index (χ3n) is 3.98. The number of aromatic nitrogens is 2. The highest BCUT2D eigenvalue weighted by Gasteiger charge is 2.22. The van der Waals surface area contributed by atoms with Gasteiger partial charge >= 0.3 is 0 Å². The van der Waals surface area contributed by atoms with Gasteiger partial charge in [-0.25, -0.2) is 0 Å². The molecule has 1 saturated heterocycles. The number of H-pyrrole nitrogens is 1. The lowest BCUT2D eigenvalue weighted by Crippen LogP contribution is -3.00. The molecule has 4 N–H and O–H groups in total. The summed E-state index contributed by atoms with van der Waals surface area (Å²) in [4.78, 5) is 24.9. The molecular weight excluding hydrogens is 401 g/mol. The van der Waals surface area contributed by atoms with Crippen LogP contribution in [0.25, 0.3) is 0 Å². The molecule has 3 rings (SSSR count). The second-order valence-corrected chi connectivity index (χ2v) is 6.52. The van der Waals surface area contributed by atoms with E-state index in [1.54, 1.807) is 18.2 Å². The van der Waals surface area contributed by atoms with Gasteiger partial charge in [-0.05, 0) is 38.1 Å². The van der Waals surface area contributed by atoms with E-state index in [9.17, 15) is 9.59 Å². The molecule has 1 aromatic carbocycles. The van der Waals surface area contributed by atoms with Gasteiger partial charge in [-0.15, -0.1) is 0 Å². The fraction of sp³-hybridized carbons (Fsp3) is 0.312. The molecule has 140 valence electrons. The van der Waals surface area contributed by atoms with Gasteiger partial charge in [-0.3, -0.25) is 14.7 Å². The zero-order chi connectivity index (χ0) is 17.8. The number of rotatable bonds is 4. The number of hydrogen-bond acceptors (Lipinski definition) is 4. The summed E-state index contributed by atoms with van der Waals surface area (Å²) in [6.07, 6.45) is 3.09. The van der Waals surface area contributed by atoms with Gasteiger partial charge in [0.1, 0.15) is 5.69 Å². The van der Waals surface area contributed by atoms with Gasteiger partial charge in [0, 0.05) is 6.04 Å². The number of hydrogen-bond donors (Lipinski definition) is 4. The minimum atomic E-state index is -0.507. The van der Waals surface area contributed by atoms with Crippen molar-refractivity contribution < 1.29 is 22.0 Å². The van der Waals surface area contributed by atoms with Crippen molar-refractivity contribution in [2.75, 3.05) is 18.4 Å². The van der Waals surface area contributed by atoms with Crippen LogP contribution in [0.4, 0.5) is 5.69 Å². The average Bonchev–Trinajstić information content (AvgIpc) is 3.04. The zero-order valence-electron chi connectivity index (χ0n) is 13.6. The molecule has 2 aromatic rings. The summed E-state index contributed by atoms with van der Waals surface area (Å²) in [6.45, 7) is 1.73. The topological polar surface area (TPSA) is 98.9 Å². The molecule has 1 aliphatic rings. The highest BCUT2D eigenvalue weighted by Crippen LogP contribution is 2.25. The molecule has 0 spiro atoms. The van der Waals surface area contributed by atoms with E-state index in [0.29, 0.717) is 0 Å². The summed E-state index contributed by atoms with van der Waals surface area (Å²) in [7, 11) is 0. The fourth-order valence-electron chi connectivity index (χ4n) is 2.68. The van der Waals surface area contributed by atoms with Gasteiger partial charge in [-0.2, -0.15) is 5.10 Å². The second-order valence-electron chi connectivity index (χ2n) is 5.71. The Morgan fingerprint density at radius 3 is 2.42 bits per heavy atom. The summed E-state index contributed by atoms with van der Waals surface area (Å²) >= 11 is 12.1. The molecule has 0 saturated carbocycles. The first-order valence-electron chi connectivity index (χ1n) is 7.86. The highest BCUT2D eigenvalue weighted by atomic mass is 35.5. The smallest absolute Gasteiger partial charge is 0.271 e. The third kappa shape index (κ3) is 4.67. The molecule has 0 atom stereocenters. The second kappa shape index (κ2) is 9.23. The number of amides is 2. The molecule has 2 amide bonds. The first-order valence-corrected chi connectivity index (χ1v) is 8.62. The summed E-state index contributed by atoms with van der Waals surface area (Å²) < 4.78 is 0. The van der Waals surface area contributed by atoms with Gasteiger partial charge in [0.25, 0.3) is 11.8 Å². The first-order chi connectivity index (χ1) is 12.1. The van der Waals surface area contributed by atoms with E-state index in [1.807, 2.05) is 0 Å². The van der Waals surface area contributed by atoms with Crippen LogP contribution in [0.2, 0.25) is 10.0 Å². The lowest BCUT2D eigenvalue weighted by Gasteiger charge is -2.23. The first kappa shape index (κ1) is 20.5. The van der Waals surface area contributed by atoms with E-state index in [0.717, 1.165) is 25.9 Å². The van der Waals surface area contributed by atoms with E-state index in [1.165, 1.54) is 6.20 Å². The number of halogens is 3. The molecule has 0 unspecified atom stereocenters. The minimum Gasteiger partial charge on any atom is -1.00 e. The van der Waals surface area contributed by atoms with Crippen LogP contribution in [-0.4, -0.2) is 41.1 Å². The van der Waals surface area contributed by atoms with E-state index >= 15 is 0 Å². The molecule has 7 nitrogen and oxygen atoms in total. The quantitative estimate of drug-likeness (QED) is 0.537. The van der Waals surface area contributed by atoms with Crippen molar-refractivity contribution in [1.29, 1.82) is 0 Å². The molecule has 0 aliphatic carbocycles. The van der Waals surface area contributed by atoms with Crippen LogP contribution in [0.1, 0.15) is 33.7 Å². The van der Waals surface area contributed by atoms with Gasteiger partial charge in [0.15, 0.2) is 0 Å². The normalized spacial score (nSPS) is 14.4. The number of carbonyl (C=O) groups is 2. The zero-order valence-corrected chi connectivity index (χ0v) is 15.9. The van der Waals surface area contributed by atoms with Crippen molar-refractivity contribution in [3.63, 3.8) is 0 Å². The maximum atomic E-state index is 12.5. The maximum absolute atomic E-state index is 12.5. The van der Waals surface area contributed by atoms with Gasteiger partial charge in [0.05, 0.1) is 27.5 Å². The van der Waals surface area contributed by atoms with Crippen molar-refractivity contribution in [1.82, 2.24) is 20.8 Å². The maximum Gasteiger partial charge on any atom is 0.271 e. The van der Waals surface area contributed by atoms with Crippen molar-refractivity contribution in [2.45, 2.75) is 18.9 Å². The Hall–Kier alpha value is -1.80. The summed E-state index contributed by atoms with van der Waals surface area (Å²) in [6, 6.07) is 4.89. The Morgan fingerprint density at radius 1 is 1.12 bits per heavy atom. The predicted molar refractivity (Wildman–Crippen MR) is 96.4 cm³/mol. The van der Waals surface area contributed by atoms with Crippen LogP contribution in [0.3, 0.4) is 0 Å². The van der Waals surface area contributed by atoms with Crippen molar-refractivity contribution in [3.8, 4) is 0 Å². The molecule has 1 aromatic heterocycles. The molecule has 2 heterocycles.